The maximum atomic E-state index is 13.8. The van der Waals surface area contributed by atoms with Crippen LogP contribution in [0.4, 0.5) is 23.8 Å². The lowest BCUT2D eigenvalue weighted by Crippen LogP contribution is -2.54. The lowest BCUT2D eigenvalue weighted by atomic mass is 9.86. The van der Waals surface area contributed by atoms with Gasteiger partial charge in [-0.1, -0.05) is 12.1 Å². The minimum Gasteiger partial charge on any atom is -0.497 e. The van der Waals surface area contributed by atoms with E-state index in [0.717, 1.165) is 16.7 Å². The largest absolute Gasteiger partial charge is 0.497 e. The number of rotatable bonds is 7. The summed E-state index contributed by atoms with van der Waals surface area (Å²) < 4.78 is 43.7. The molecule has 0 radical (unpaired) electrons. The predicted molar refractivity (Wildman–Crippen MR) is 132 cm³/mol. The number of urea groups is 1. The number of piperidine rings is 1. The average Bonchev–Trinajstić information content (AvgIpc) is 3.52. The average molecular weight is 515 g/mol. The van der Waals surface area contributed by atoms with Gasteiger partial charge in [0, 0.05) is 49.7 Å². The van der Waals surface area contributed by atoms with Gasteiger partial charge in [0.05, 0.1) is 31.8 Å². The van der Waals surface area contributed by atoms with E-state index in [4.69, 9.17) is 4.74 Å². The molecule has 0 bridgehead atoms. The second kappa shape index (κ2) is 10.0. The molecule has 1 N–H and O–H groups in total. The second-order valence-electron chi connectivity index (χ2n) is 9.63. The van der Waals surface area contributed by atoms with E-state index in [1.54, 1.807) is 30.6 Å². The van der Waals surface area contributed by atoms with E-state index in [9.17, 15) is 18.0 Å². The maximum absolute atomic E-state index is 13.8. The molecular formula is C26H29F3N6O2. The summed E-state index contributed by atoms with van der Waals surface area (Å²) >= 11 is 0. The molecule has 2 aliphatic heterocycles. The fraction of sp³-hybridized carbons (Fsp3) is 0.423. The summed E-state index contributed by atoms with van der Waals surface area (Å²) in [6.45, 7) is 1.78. The first-order valence-electron chi connectivity index (χ1n) is 12.2. The summed E-state index contributed by atoms with van der Waals surface area (Å²) in [7, 11) is 1.60. The van der Waals surface area contributed by atoms with Crippen molar-refractivity contribution in [1.82, 2.24) is 25.0 Å². The van der Waals surface area contributed by atoms with Gasteiger partial charge in [-0.05, 0) is 42.7 Å². The Labute approximate surface area is 213 Å². The molecule has 2 aromatic heterocycles. The number of hydrogen-bond donors (Lipinski definition) is 1. The van der Waals surface area contributed by atoms with Gasteiger partial charge in [0.15, 0.2) is 0 Å². The number of carbonyl (C=O) groups is 1. The molecule has 0 unspecified atom stereocenters. The van der Waals surface area contributed by atoms with E-state index in [1.165, 1.54) is 0 Å². The predicted octanol–water partition coefficient (Wildman–Crippen LogP) is 4.71. The number of methoxy groups -OCH3 is 1. The third-order valence-electron chi connectivity index (χ3n) is 7.32. The van der Waals surface area contributed by atoms with E-state index in [1.807, 2.05) is 46.2 Å². The zero-order valence-corrected chi connectivity index (χ0v) is 20.5. The highest BCUT2D eigenvalue weighted by Crippen LogP contribution is 2.39. The van der Waals surface area contributed by atoms with Gasteiger partial charge >= 0.3 is 12.2 Å². The number of anilines is 1. The molecule has 11 heteroatoms. The van der Waals surface area contributed by atoms with Crippen molar-refractivity contribution in [2.24, 2.45) is 0 Å². The van der Waals surface area contributed by atoms with Crippen molar-refractivity contribution in [3.63, 3.8) is 0 Å². The van der Waals surface area contributed by atoms with Crippen molar-refractivity contribution in [1.29, 1.82) is 0 Å². The van der Waals surface area contributed by atoms with Gasteiger partial charge < -0.3 is 14.5 Å². The molecule has 0 saturated carbocycles. The monoisotopic (exact) mass is 514 g/mol. The molecule has 2 fully saturated rings. The number of ether oxygens (including phenoxy) is 1. The first-order valence-corrected chi connectivity index (χ1v) is 12.2. The van der Waals surface area contributed by atoms with Gasteiger partial charge in [0.2, 0.25) is 0 Å². The number of pyridine rings is 1. The van der Waals surface area contributed by atoms with Crippen molar-refractivity contribution in [3.05, 3.63) is 60.6 Å². The summed E-state index contributed by atoms with van der Waals surface area (Å²) in [6, 6.07) is 11.1. The van der Waals surface area contributed by atoms with Gasteiger partial charge in [-0.3, -0.25) is 10.00 Å². The summed E-state index contributed by atoms with van der Waals surface area (Å²) in [4.78, 5) is 23.8. The van der Waals surface area contributed by atoms with Crippen molar-refractivity contribution >= 4 is 11.8 Å². The molecule has 0 atom stereocenters. The number of hydrogen-bond acceptors (Lipinski definition) is 5. The highest BCUT2D eigenvalue weighted by molar-refractivity contribution is 5.94. The van der Waals surface area contributed by atoms with E-state index in [0.29, 0.717) is 50.6 Å². The Morgan fingerprint density at radius 2 is 1.92 bits per heavy atom. The molecule has 5 rings (SSSR count). The number of H-pyrrole nitrogens is 1. The maximum Gasteiger partial charge on any atom is 0.390 e. The fourth-order valence-corrected chi connectivity index (χ4v) is 5.19. The van der Waals surface area contributed by atoms with Crippen molar-refractivity contribution in [2.45, 2.75) is 37.5 Å². The number of alkyl halides is 3. The van der Waals surface area contributed by atoms with Crippen LogP contribution < -0.4 is 9.64 Å². The Bertz CT molecular complexity index is 1210. The summed E-state index contributed by atoms with van der Waals surface area (Å²) in [6.07, 6.45) is 1.36. The Kier molecular flexibility index (Phi) is 6.80. The van der Waals surface area contributed by atoms with Crippen LogP contribution in [-0.4, -0.2) is 76.0 Å². The number of likely N-dealkylation sites (tertiary alicyclic amines) is 1. The number of benzene rings is 1. The fourth-order valence-electron chi connectivity index (χ4n) is 5.19. The lowest BCUT2D eigenvalue weighted by molar-refractivity contribution is -0.139. The van der Waals surface area contributed by atoms with Crippen molar-refractivity contribution in [3.8, 4) is 16.9 Å². The smallest absolute Gasteiger partial charge is 0.390 e. The van der Waals surface area contributed by atoms with Crippen LogP contribution in [0.3, 0.4) is 0 Å². The van der Waals surface area contributed by atoms with Gasteiger partial charge in [0.1, 0.15) is 11.6 Å². The summed E-state index contributed by atoms with van der Waals surface area (Å²) in [5, 5.41) is 6.74. The van der Waals surface area contributed by atoms with E-state index >= 15 is 0 Å². The van der Waals surface area contributed by atoms with Gasteiger partial charge in [-0.2, -0.15) is 18.3 Å². The first kappa shape index (κ1) is 25.1. The molecule has 8 nitrogen and oxygen atoms in total. The highest BCUT2D eigenvalue weighted by atomic mass is 19.4. The second-order valence-corrected chi connectivity index (χ2v) is 9.63. The van der Waals surface area contributed by atoms with Crippen molar-refractivity contribution in [2.75, 3.05) is 38.2 Å². The van der Waals surface area contributed by atoms with E-state index < -0.39 is 18.1 Å². The minimum atomic E-state index is -4.18. The highest BCUT2D eigenvalue weighted by Gasteiger charge is 2.51. The quantitative estimate of drug-likeness (QED) is 0.494. The van der Waals surface area contributed by atoms with Crippen LogP contribution in [0.5, 0.6) is 5.75 Å². The Hall–Kier alpha value is -3.60. The van der Waals surface area contributed by atoms with Crippen LogP contribution in [0.1, 0.15) is 24.8 Å². The molecule has 2 aliphatic rings. The molecule has 4 heterocycles. The molecule has 2 amide bonds. The number of halogens is 3. The summed E-state index contributed by atoms with van der Waals surface area (Å²) in [5.41, 5.74) is 2.20. The lowest BCUT2D eigenvalue weighted by Gasteiger charge is -2.44. The first-order chi connectivity index (χ1) is 17.8. The van der Waals surface area contributed by atoms with E-state index in [-0.39, 0.29) is 12.6 Å². The standard InChI is InChI=1S/C26H29F3N6O2/c1-37-22-4-2-3-19(13-22)17-35-24(36)34(23-6-5-20(14-30-23)21-15-31-32-16-21)18-25(35)7-10-33(11-8-25)12-9-26(27,28)29/h2-6,13-16H,7-12,17-18H2,1H3,(H,31,32). The van der Waals surface area contributed by atoms with E-state index in [2.05, 4.69) is 15.2 Å². The molecular weight excluding hydrogens is 485 g/mol. The van der Waals surface area contributed by atoms with Gasteiger partial charge in [-0.15, -0.1) is 0 Å². The third-order valence-corrected chi connectivity index (χ3v) is 7.32. The van der Waals surface area contributed by atoms with Crippen molar-refractivity contribution < 1.29 is 22.7 Å². The molecule has 2 saturated heterocycles. The number of aromatic nitrogens is 3. The topological polar surface area (TPSA) is 77.6 Å². The minimum absolute atomic E-state index is 0.0237. The van der Waals surface area contributed by atoms with Crippen LogP contribution in [0.2, 0.25) is 0 Å². The van der Waals surface area contributed by atoms with Gasteiger partial charge in [-0.25, -0.2) is 9.78 Å². The van der Waals surface area contributed by atoms with Gasteiger partial charge in [0.25, 0.3) is 0 Å². The molecule has 37 heavy (non-hydrogen) atoms. The zero-order chi connectivity index (χ0) is 26.0. The van der Waals surface area contributed by atoms with Crippen LogP contribution >= 0.6 is 0 Å². The van der Waals surface area contributed by atoms with Crippen LogP contribution in [0, 0.1) is 0 Å². The Balaban J connectivity index is 1.38. The van der Waals surface area contributed by atoms with Crippen LogP contribution in [0.15, 0.2) is 55.0 Å². The number of amides is 2. The SMILES string of the molecule is COc1cccc(CN2C(=O)N(c3ccc(-c4cn[nH]c4)cn3)CC23CCN(CCC(F)(F)F)CC3)c1. The number of nitrogens with one attached hydrogen (secondary N) is 1. The van der Waals surface area contributed by atoms with Crippen LogP contribution in [0.25, 0.3) is 11.1 Å². The normalized spacial score (nSPS) is 18.1. The molecule has 1 aromatic carbocycles. The number of aromatic amines is 1. The molecule has 196 valence electrons. The molecule has 0 aliphatic carbocycles. The Morgan fingerprint density at radius 1 is 1.11 bits per heavy atom. The third kappa shape index (κ3) is 5.41. The van der Waals surface area contributed by atoms with Crippen LogP contribution in [-0.2, 0) is 6.54 Å². The summed E-state index contributed by atoms with van der Waals surface area (Å²) in [5.74, 6) is 1.25. The zero-order valence-electron chi connectivity index (χ0n) is 20.5. The molecule has 1 spiro atoms. The number of carbonyl (C=O) groups excluding carboxylic acids is 1. The number of nitrogens with zero attached hydrogens (tertiary/aromatic N) is 5. The Morgan fingerprint density at radius 3 is 2.57 bits per heavy atom. The molecule has 3 aromatic rings.